The molecular formula is C13H11Br2FS. The maximum Gasteiger partial charge on any atom is 0.123 e. The van der Waals surface area contributed by atoms with E-state index in [1.807, 2.05) is 13.0 Å². The van der Waals surface area contributed by atoms with Crippen LogP contribution in [0.25, 0.3) is 0 Å². The van der Waals surface area contributed by atoms with Gasteiger partial charge in [-0.3, -0.25) is 0 Å². The first kappa shape index (κ1) is 13.2. The topological polar surface area (TPSA) is 0 Å². The molecule has 90 valence electrons. The van der Waals surface area contributed by atoms with Crippen molar-refractivity contribution in [2.45, 2.75) is 18.7 Å². The molecule has 1 aromatic heterocycles. The average Bonchev–Trinajstić information content (AvgIpc) is 2.60. The van der Waals surface area contributed by atoms with Crippen molar-refractivity contribution in [3.05, 3.63) is 55.4 Å². The second kappa shape index (κ2) is 5.21. The highest BCUT2D eigenvalue weighted by molar-refractivity contribution is 9.11. The quantitative estimate of drug-likeness (QED) is 0.584. The zero-order valence-electron chi connectivity index (χ0n) is 9.43. The van der Waals surface area contributed by atoms with Crippen molar-refractivity contribution in [1.82, 2.24) is 0 Å². The molecular weight excluding hydrogens is 367 g/mol. The van der Waals surface area contributed by atoms with Crippen LogP contribution >= 0.6 is 43.2 Å². The number of rotatable bonds is 2. The van der Waals surface area contributed by atoms with Crippen LogP contribution in [0, 0.1) is 19.7 Å². The van der Waals surface area contributed by atoms with Crippen molar-refractivity contribution in [3.63, 3.8) is 0 Å². The molecule has 0 aliphatic rings. The van der Waals surface area contributed by atoms with Gasteiger partial charge >= 0.3 is 0 Å². The fraction of sp³-hybridized carbons (Fsp3) is 0.231. The van der Waals surface area contributed by atoms with Crippen LogP contribution < -0.4 is 0 Å². The van der Waals surface area contributed by atoms with Gasteiger partial charge in [0.1, 0.15) is 5.82 Å². The van der Waals surface area contributed by atoms with Gasteiger partial charge in [-0.1, -0.05) is 22.0 Å². The lowest BCUT2D eigenvalue weighted by Crippen LogP contribution is -1.96. The number of hydrogen-bond donors (Lipinski definition) is 0. The Morgan fingerprint density at radius 1 is 1.18 bits per heavy atom. The van der Waals surface area contributed by atoms with Crippen molar-refractivity contribution < 1.29 is 4.39 Å². The molecule has 0 saturated heterocycles. The molecule has 4 heteroatoms. The van der Waals surface area contributed by atoms with Crippen LogP contribution in [0.4, 0.5) is 4.39 Å². The normalized spacial score (nSPS) is 12.8. The number of halogens is 3. The minimum absolute atomic E-state index is 0.0424. The Hall–Kier alpha value is -0.190. The summed E-state index contributed by atoms with van der Waals surface area (Å²) < 4.78 is 14.4. The Balaban J connectivity index is 2.46. The van der Waals surface area contributed by atoms with Crippen LogP contribution in [0.5, 0.6) is 0 Å². The van der Waals surface area contributed by atoms with E-state index in [1.165, 1.54) is 16.5 Å². The van der Waals surface area contributed by atoms with E-state index in [1.54, 1.807) is 17.4 Å². The van der Waals surface area contributed by atoms with E-state index in [2.05, 4.69) is 44.8 Å². The molecule has 0 nitrogen and oxygen atoms in total. The molecule has 1 heterocycles. The van der Waals surface area contributed by atoms with Crippen LogP contribution in [0.3, 0.4) is 0 Å². The number of benzene rings is 1. The van der Waals surface area contributed by atoms with Crippen LogP contribution in [0.15, 0.2) is 28.1 Å². The van der Waals surface area contributed by atoms with Crippen molar-refractivity contribution in [2.75, 3.05) is 0 Å². The molecule has 0 bridgehead atoms. The zero-order chi connectivity index (χ0) is 12.6. The molecule has 0 spiro atoms. The van der Waals surface area contributed by atoms with E-state index < -0.39 is 0 Å². The highest BCUT2D eigenvalue weighted by Crippen LogP contribution is 2.39. The smallest absolute Gasteiger partial charge is 0.123 e. The van der Waals surface area contributed by atoms with E-state index in [-0.39, 0.29) is 10.6 Å². The summed E-state index contributed by atoms with van der Waals surface area (Å²) in [5, 5.41) is 0. The summed E-state index contributed by atoms with van der Waals surface area (Å²) in [4.78, 5) is 1.28. The number of aryl methyl sites for hydroxylation is 2. The minimum atomic E-state index is -0.193. The molecule has 0 aliphatic carbocycles. The molecule has 0 aliphatic heterocycles. The second-order valence-electron chi connectivity index (χ2n) is 3.93. The summed E-state index contributed by atoms with van der Waals surface area (Å²) in [7, 11) is 0. The summed E-state index contributed by atoms with van der Waals surface area (Å²) in [5.74, 6) is -0.193. The van der Waals surface area contributed by atoms with E-state index in [9.17, 15) is 4.39 Å². The third-order valence-corrected chi connectivity index (χ3v) is 5.27. The lowest BCUT2D eigenvalue weighted by molar-refractivity contribution is 0.625. The summed E-state index contributed by atoms with van der Waals surface area (Å²) in [6.45, 7) is 4.08. The molecule has 0 radical (unpaired) electrons. The zero-order valence-corrected chi connectivity index (χ0v) is 13.4. The maximum absolute atomic E-state index is 13.3. The van der Waals surface area contributed by atoms with Crippen LogP contribution in [-0.4, -0.2) is 0 Å². The largest absolute Gasteiger partial charge is 0.207 e. The van der Waals surface area contributed by atoms with Gasteiger partial charge in [0.25, 0.3) is 0 Å². The highest BCUT2D eigenvalue weighted by atomic mass is 79.9. The standard InChI is InChI=1S/C13H11Br2FS/c1-7-3-4-9(16)5-10(7)13(15)11-6-12(14)17-8(11)2/h3-6,13H,1-2H3. The molecule has 0 amide bonds. The fourth-order valence-corrected chi connectivity index (χ4v) is 4.63. The van der Waals surface area contributed by atoms with Gasteiger partial charge in [-0.25, -0.2) is 4.39 Å². The summed E-state index contributed by atoms with van der Waals surface area (Å²) >= 11 is 8.84. The molecule has 2 rings (SSSR count). The Labute approximate surface area is 121 Å². The number of thiophene rings is 1. The summed E-state index contributed by atoms with van der Waals surface area (Å²) in [6.07, 6.45) is 0. The molecule has 0 N–H and O–H groups in total. The van der Waals surface area contributed by atoms with Crippen molar-refractivity contribution in [1.29, 1.82) is 0 Å². The van der Waals surface area contributed by atoms with Crippen LogP contribution in [-0.2, 0) is 0 Å². The minimum Gasteiger partial charge on any atom is -0.207 e. The fourth-order valence-electron chi connectivity index (χ4n) is 1.76. The predicted octanol–water partition coefficient (Wildman–Crippen LogP) is 5.75. The predicted molar refractivity (Wildman–Crippen MR) is 78.7 cm³/mol. The first-order valence-electron chi connectivity index (χ1n) is 5.15. The van der Waals surface area contributed by atoms with Gasteiger partial charge in [0.2, 0.25) is 0 Å². The SMILES string of the molecule is Cc1ccc(F)cc1C(Br)c1cc(Br)sc1C. The first-order valence-corrected chi connectivity index (χ1v) is 7.67. The van der Waals surface area contributed by atoms with Crippen LogP contribution in [0.2, 0.25) is 0 Å². The van der Waals surface area contributed by atoms with Crippen LogP contribution in [0.1, 0.15) is 26.4 Å². The van der Waals surface area contributed by atoms with Gasteiger partial charge in [-0.2, -0.15) is 0 Å². The van der Waals surface area contributed by atoms with Crippen molar-refractivity contribution >= 4 is 43.2 Å². The van der Waals surface area contributed by atoms with E-state index in [0.29, 0.717) is 0 Å². The number of alkyl halides is 1. The second-order valence-corrected chi connectivity index (χ2v) is 7.48. The molecule has 17 heavy (non-hydrogen) atoms. The lowest BCUT2D eigenvalue weighted by Gasteiger charge is -2.13. The maximum atomic E-state index is 13.3. The van der Waals surface area contributed by atoms with Gasteiger partial charge in [-0.15, -0.1) is 11.3 Å². The molecule has 1 atom stereocenters. The Bertz CT molecular complexity index is 548. The molecule has 2 aromatic rings. The van der Waals surface area contributed by atoms with E-state index in [0.717, 1.165) is 14.9 Å². The number of hydrogen-bond acceptors (Lipinski definition) is 1. The third-order valence-electron chi connectivity index (χ3n) is 2.71. The van der Waals surface area contributed by atoms with Gasteiger partial charge < -0.3 is 0 Å². The third kappa shape index (κ3) is 2.80. The Kier molecular flexibility index (Phi) is 4.06. The van der Waals surface area contributed by atoms with Gasteiger partial charge in [0.05, 0.1) is 8.61 Å². The average molecular weight is 378 g/mol. The molecule has 0 fully saturated rings. The summed E-state index contributed by atoms with van der Waals surface area (Å²) in [6, 6.07) is 6.99. The van der Waals surface area contributed by atoms with Crippen molar-refractivity contribution in [2.24, 2.45) is 0 Å². The van der Waals surface area contributed by atoms with E-state index in [4.69, 9.17) is 0 Å². The molecule has 1 unspecified atom stereocenters. The van der Waals surface area contributed by atoms with E-state index >= 15 is 0 Å². The highest BCUT2D eigenvalue weighted by Gasteiger charge is 2.17. The Morgan fingerprint density at radius 2 is 1.88 bits per heavy atom. The first-order chi connectivity index (χ1) is 7.99. The lowest BCUT2D eigenvalue weighted by atomic mass is 10.0. The van der Waals surface area contributed by atoms with Crippen molar-refractivity contribution in [3.8, 4) is 0 Å². The van der Waals surface area contributed by atoms with Gasteiger partial charge in [-0.05, 0) is 64.7 Å². The molecule has 0 saturated carbocycles. The molecule has 1 aromatic carbocycles. The Morgan fingerprint density at radius 3 is 2.47 bits per heavy atom. The van der Waals surface area contributed by atoms with Gasteiger partial charge in [0, 0.05) is 4.88 Å². The monoisotopic (exact) mass is 376 g/mol. The van der Waals surface area contributed by atoms with Gasteiger partial charge in [0.15, 0.2) is 0 Å². The summed E-state index contributed by atoms with van der Waals surface area (Å²) in [5.41, 5.74) is 3.27.